The van der Waals surface area contributed by atoms with Crippen LogP contribution in [0, 0.1) is 6.92 Å². The number of anilines is 1. The van der Waals surface area contributed by atoms with Gasteiger partial charge in [-0.05, 0) is 25.0 Å². The average Bonchev–Trinajstić information content (AvgIpc) is 2.72. The third-order valence-electron chi connectivity index (χ3n) is 2.97. The molecule has 0 spiro atoms. The van der Waals surface area contributed by atoms with Gasteiger partial charge >= 0.3 is 0 Å². The second kappa shape index (κ2) is 4.35. The molecule has 1 unspecified atom stereocenters. The summed E-state index contributed by atoms with van der Waals surface area (Å²) >= 11 is 0. The summed E-state index contributed by atoms with van der Waals surface area (Å²) in [5, 5.41) is 12.2. The molecule has 4 N–H and O–H groups in total. The van der Waals surface area contributed by atoms with E-state index in [2.05, 4.69) is 5.32 Å². The van der Waals surface area contributed by atoms with Crippen molar-refractivity contribution < 1.29 is 14.6 Å². The summed E-state index contributed by atoms with van der Waals surface area (Å²) in [4.78, 5) is 11.9. The van der Waals surface area contributed by atoms with Gasteiger partial charge in [-0.3, -0.25) is 4.79 Å². The molecule has 1 heterocycles. The van der Waals surface area contributed by atoms with Crippen molar-refractivity contribution in [1.29, 1.82) is 0 Å². The first-order valence-electron chi connectivity index (χ1n) is 5.49. The Morgan fingerprint density at radius 2 is 2.35 bits per heavy atom. The normalized spacial score (nSPS) is 23.6. The number of hydrogen-bond acceptors (Lipinski definition) is 4. The quantitative estimate of drug-likeness (QED) is 0.707. The number of phenolic OH excluding ortho intramolecular Hbond substituents is 1. The Kier molecular flexibility index (Phi) is 3.04. The van der Waals surface area contributed by atoms with Crippen molar-refractivity contribution in [3.8, 4) is 5.75 Å². The SMILES string of the molecule is Cc1ccc(NC(=O)C2(N)CCOC2)cc1O. The topological polar surface area (TPSA) is 84.6 Å². The van der Waals surface area contributed by atoms with E-state index in [4.69, 9.17) is 10.5 Å². The Bertz CT molecular complexity index is 439. The largest absolute Gasteiger partial charge is 0.508 e. The number of benzene rings is 1. The number of ether oxygens (including phenoxy) is 1. The van der Waals surface area contributed by atoms with Crippen molar-refractivity contribution in [3.05, 3.63) is 23.8 Å². The van der Waals surface area contributed by atoms with Crippen LogP contribution >= 0.6 is 0 Å². The highest BCUT2D eigenvalue weighted by Crippen LogP contribution is 2.23. The molecular formula is C12H16N2O3. The van der Waals surface area contributed by atoms with E-state index in [1.165, 1.54) is 6.07 Å². The van der Waals surface area contributed by atoms with E-state index in [9.17, 15) is 9.90 Å². The van der Waals surface area contributed by atoms with Crippen molar-refractivity contribution in [2.45, 2.75) is 18.9 Å². The van der Waals surface area contributed by atoms with Crippen LogP contribution in [0.25, 0.3) is 0 Å². The van der Waals surface area contributed by atoms with Gasteiger partial charge in [0.05, 0.1) is 6.61 Å². The summed E-state index contributed by atoms with van der Waals surface area (Å²) in [7, 11) is 0. The van der Waals surface area contributed by atoms with Crippen LogP contribution in [0.5, 0.6) is 5.75 Å². The number of carbonyl (C=O) groups is 1. The van der Waals surface area contributed by atoms with Crippen LogP contribution in [-0.2, 0) is 9.53 Å². The van der Waals surface area contributed by atoms with Gasteiger partial charge in [0.15, 0.2) is 0 Å². The van der Waals surface area contributed by atoms with Gasteiger partial charge in [-0.2, -0.15) is 0 Å². The predicted octanol–water partition coefficient (Wildman–Crippen LogP) is 0.757. The molecule has 0 radical (unpaired) electrons. The standard InChI is InChI=1S/C12H16N2O3/c1-8-2-3-9(6-10(8)15)14-11(16)12(13)4-5-17-7-12/h2-3,6,15H,4-5,7,13H2,1H3,(H,14,16). The maximum Gasteiger partial charge on any atom is 0.246 e. The van der Waals surface area contributed by atoms with Gasteiger partial charge in [0.25, 0.3) is 0 Å². The number of aromatic hydroxyl groups is 1. The molecule has 1 aromatic carbocycles. The highest BCUT2D eigenvalue weighted by atomic mass is 16.5. The van der Waals surface area contributed by atoms with E-state index in [-0.39, 0.29) is 18.3 Å². The third kappa shape index (κ3) is 2.40. The maximum absolute atomic E-state index is 11.9. The highest BCUT2D eigenvalue weighted by Gasteiger charge is 2.38. The lowest BCUT2D eigenvalue weighted by atomic mass is 9.99. The van der Waals surface area contributed by atoms with Crippen molar-refractivity contribution in [2.24, 2.45) is 5.73 Å². The van der Waals surface area contributed by atoms with E-state index < -0.39 is 5.54 Å². The lowest BCUT2D eigenvalue weighted by Crippen LogP contribution is -2.51. The summed E-state index contributed by atoms with van der Waals surface area (Å²) in [6.45, 7) is 2.52. The Balaban J connectivity index is 2.10. The van der Waals surface area contributed by atoms with Gasteiger partial charge in [-0.15, -0.1) is 0 Å². The summed E-state index contributed by atoms with van der Waals surface area (Å²) in [5.41, 5.74) is 6.26. The first-order valence-corrected chi connectivity index (χ1v) is 5.49. The highest BCUT2D eigenvalue weighted by molar-refractivity contribution is 5.98. The Labute approximate surface area is 99.6 Å². The molecule has 0 bridgehead atoms. The molecule has 1 aliphatic rings. The van der Waals surface area contributed by atoms with E-state index in [0.29, 0.717) is 18.7 Å². The number of nitrogens with one attached hydrogen (secondary N) is 1. The summed E-state index contributed by atoms with van der Waals surface area (Å²) < 4.78 is 5.13. The van der Waals surface area contributed by atoms with Crippen LogP contribution < -0.4 is 11.1 Å². The lowest BCUT2D eigenvalue weighted by Gasteiger charge is -2.20. The molecule has 17 heavy (non-hydrogen) atoms. The van der Waals surface area contributed by atoms with Crippen LogP contribution in [0.15, 0.2) is 18.2 Å². The summed E-state index contributed by atoms with van der Waals surface area (Å²) in [5.74, 6) is -0.130. The zero-order chi connectivity index (χ0) is 12.5. The molecule has 1 aliphatic heterocycles. The van der Waals surface area contributed by atoms with E-state index >= 15 is 0 Å². The zero-order valence-electron chi connectivity index (χ0n) is 9.69. The van der Waals surface area contributed by atoms with Crippen LogP contribution in [0.2, 0.25) is 0 Å². The molecule has 1 fully saturated rings. The summed E-state index contributed by atoms with van der Waals surface area (Å²) in [6.07, 6.45) is 0.511. The smallest absolute Gasteiger partial charge is 0.246 e. The minimum absolute atomic E-state index is 0.150. The molecule has 2 rings (SSSR count). The van der Waals surface area contributed by atoms with Gasteiger partial charge < -0.3 is 20.9 Å². The molecule has 1 atom stereocenters. The second-order valence-corrected chi connectivity index (χ2v) is 4.41. The number of carbonyl (C=O) groups excluding carboxylic acids is 1. The lowest BCUT2D eigenvalue weighted by molar-refractivity contribution is -0.121. The average molecular weight is 236 g/mol. The number of amides is 1. The minimum Gasteiger partial charge on any atom is -0.508 e. The van der Waals surface area contributed by atoms with Crippen molar-refractivity contribution in [1.82, 2.24) is 0 Å². The number of nitrogens with two attached hydrogens (primary N) is 1. The molecule has 0 aromatic heterocycles. The Morgan fingerprint density at radius 1 is 1.59 bits per heavy atom. The molecule has 92 valence electrons. The number of rotatable bonds is 2. The predicted molar refractivity (Wildman–Crippen MR) is 63.8 cm³/mol. The van der Waals surface area contributed by atoms with E-state index in [0.717, 1.165) is 5.56 Å². The van der Waals surface area contributed by atoms with Gasteiger partial charge in [-0.25, -0.2) is 0 Å². The van der Waals surface area contributed by atoms with Gasteiger partial charge in [0.2, 0.25) is 5.91 Å². The monoisotopic (exact) mass is 236 g/mol. The molecule has 1 saturated heterocycles. The maximum atomic E-state index is 11.9. The van der Waals surface area contributed by atoms with Gasteiger partial charge in [0, 0.05) is 18.4 Å². The van der Waals surface area contributed by atoms with Gasteiger partial charge in [0.1, 0.15) is 11.3 Å². The number of aryl methyl sites for hydroxylation is 1. The van der Waals surface area contributed by atoms with Gasteiger partial charge in [-0.1, -0.05) is 6.07 Å². The number of phenols is 1. The van der Waals surface area contributed by atoms with Crippen molar-refractivity contribution in [3.63, 3.8) is 0 Å². The minimum atomic E-state index is -0.958. The van der Waals surface area contributed by atoms with Crippen molar-refractivity contribution in [2.75, 3.05) is 18.5 Å². The van der Waals surface area contributed by atoms with Crippen molar-refractivity contribution >= 4 is 11.6 Å². The number of hydrogen-bond donors (Lipinski definition) is 3. The molecule has 1 aromatic rings. The van der Waals surface area contributed by atoms with Crippen LogP contribution in [0.1, 0.15) is 12.0 Å². The molecule has 1 amide bonds. The Morgan fingerprint density at radius 3 is 2.94 bits per heavy atom. The second-order valence-electron chi connectivity index (χ2n) is 4.41. The first kappa shape index (κ1) is 11.9. The Hall–Kier alpha value is -1.59. The fourth-order valence-electron chi connectivity index (χ4n) is 1.70. The molecule has 0 saturated carbocycles. The van der Waals surface area contributed by atoms with E-state index in [1.54, 1.807) is 19.1 Å². The van der Waals surface area contributed by atoms with E-state index in [1.807, 2.05) is 0 Å². The zero-order valence-corrected chi connectivity index (χ0v) is 9.69. The van der Waals surface area contributed by atoms with Crippen LogP contribution in [0.3, 0.4) is 0 Å². The molecule has 5 heteroatoms. The fourth-order valence-corrected chi connectivity index (χ4v) is 1.70. The molecule has 0 aliphatic carbocycles. The fraction of sp³-hybridized carbons (Fsp3) is 0.417. The van der Waals surface area contributed by atoms with Crippen LogP contribution in [0.4, 0.5) is 5.69 Å². The summed E-state index contributed by atoms with van der Waals surface area (Å²) in [6, 6.07) is 4.97. The first-order chi connectivity index (χ1) is 8.01. The molecular weight excluding hydrogens is 220 g/mol. The molecule has 5 nitrogen and oxygen atoms in total. The third-order valence-corrected chi connectivity index (χ3v) is 2.97. The van der Waals surface area contributed by atoms with Crippen LogP contribution in [-0.4, -0.2) is 29.8 Å².